The molecular weight excluding hydrogens is 322 g/mol. The number of carbonyl (C=O) groups is 3. The number of amides is 1. The molecule has 0 heterocycles. The minimum absolute atomic E-state index is 0.0379. The first-order valence-electron chi connectivity index (χ1n) is 7.03. The molecule has 132 valence electrons. The van der Waals surface area contributed by atoms with Gasteiger partial charge in [-0.25, -0.2) is 4.79 Å². The molecule has 0 bridgehead atoms. The fourth-order valence-corrected chi connectivity index (χ4v) is 1.55. The first kappa shape index (κ1) is 19.6. The Labute approximate surface area is 137 Å². The van der Waals surface area contributed by atoms with E-state index in [4.69, 9.17) is 9.84 Å². The zero-order valence-corrected chi connectivity index (χ0v) is 12.7. The van der Waals surface area contributed by atoms with E-state index in [1.165, 1.54) is 0 Å². The summed E-state index contributed by atoms with van der Waals surface area (Å²) in [6.45, 7) is -1.12. The van der Waals surface area contributed by atoms with Crippen molar-refractivity contribution in [1.29, 1.82) is 0 Å². The lowest BCUT2D eigenvalue weighted by Gasteiger charge is -2.19. The Hall–Kier alpha value is -2.49. The number of ether oxygens (including phenoxy) is 2. The van der Waals surface area contributed by atoms with Gasteiger partial charge in [0.2, 0.25) is 0 Å². The Morgan fingerprint density at radius 1 is 1.12 bits per heavy atom. The van der Waals surface area contributed by atoms with Gasteiger partial charge in [0.05, 0.1) is 0 Å². The number of hydrogen-bond donors (Lipinski definition) is 4. The quantitative estimate of drug-likeness (QED) is 0.322. The second kappa shape index (κ2) is 10.3. The fraction of sp³-hybridized carbons (Fsp3) is 0.400. The SMILES string of the molecule is O=C[C@@H](O)[C@H](O)[C@H](O)COC(=O)CNC(=O)OCc1ccccc1. The molecule has 4 N–H and O–H groups in total. The minimum Gasteiger partial charge on any atom is -0.462 e. The van der Waals surface area contributed by atoms with Crippen molar-refractivity contribution >= 4 is 18.3 Å². The van der Waals surface area contributed by atoms with Gasteiger partial charge in [-0.2, -0.15) is 0 Å². The van der Waals surface area contributed by atoms with Crippen LogP contribution in [0.15, 0.2) is 30.3 Å². The van der Waals surface area contributed by atoms with Crippen LogP contribution < -0.4 is 5.32 Å². The van der Waals surface area contributed by atoms with Crippen LogP contribution in [0.1, 0.15) is 5.56 Å². The first-order chi connectivity index (χ1) is 11.4. The Morgan fingerprint density at radius 3 is 2.42 bits per heavy atom. The zero-order valence-electron chi connectivity index (χ0n) is 12.7. The predicted octanol–water partition coefficient (Wildman–Crippen LogP) is -1.26. The maximum Gasteiger partial charge on any atom is 0.407 e. The van der Waals surface area contributed by atoms with Crippen LogP contribution in [-0.2, 0) is 25.7 Å². The van der Waals surface area contributed by atoms with E-state index < -0.39 is 43.5 Å². The summed E-state index contributed by atoms with van der Waals surface area (Å²) in [4.78, 5) is 33.0. The summed E-state index contributed by atoms with van der Waals surface area (Å²) in [5.74, 6) is -0.890. The van der Waals surface area contributed by atoms with E-state index >= 15 is 0 Å². The summed E-state index contributed by atoms with van der Waals surface area (Å²) in [5, 5.41) is 29.8. The number of nitrogens with one attached hydrogen (secondary N) is 1. The summed E-state index contributed by atoms with van der Waals surface area (Å²) in [5.41, 5.74) is 0.779. The van der Waals surface area contributed by atoms with Crippen molar-refractivity contribution in [3.63, 3.8) is 0 Å². The number of benzene rings is 1. The molecule has 0 fully saturated rings. The third kappa shape index (κ3) is 7.18. The Bertz CT molecular complexity index is 536. The molecular formula is C15H19NO8. The smallest absolute Gasteiger partial charge is 0.407 e. The van der Waals surface area contributed by atoms with E-state index in [9.17, 15) is 24.6 Å². The van der Waals surface area contributed by atoms with E-state index in [-0.39, 0.29) is 12.9 Å². The summed E-state index contributed by atoms with van der Waals surface area (Å²) in [7, 11) is 0. The second-order valence-corrected chi connectivity index (χ2v) is 4.78. The highest BCUT2D eigenvalue weighted by atomic mass is 16.6. The van der Waals surface area contributed by atoms with Gasteiger partial charge in [0.1, 0.15) is 38.1 Å². The van der Waals surface area contributed by atoms with E-state index in [1.54, 1.807) is 24.3 Å². The maximum absolute atomic E-state index is 11.4. The Balaban J connectivity index is 2.21. The second-order valence-electron chi connectivity index (χ2n) is 4.78. The molecule has 0 aliphatic carbocycles. The summed E-state index contributed by atoms with van der Waals surface area (Å²) < 4.78 is 9.46. The molecule has 0 saturated carbocycles. The van der Waals surface area contributed by atoms with E-state index in [0.717, 1.165) is 5.56 Å². The van der Waals surface area contributed by atoms with Gasteiger partial charge in [-0.3, -0.25) is 4.79 Å². The first-order valence-corrected chi connectivity index (χ1v) is 7.03. The van der Waals surface area contributed by atoms with Crippen LogP contribution in [0.25, 0.3) is 0 Å². The lowest BCUT2D eigenvalue weighted by atomic mass is 10.1. The van der Waals surface area contributed by atoms with Gasteiger partial charge in [-0.15, -0.1) is 0 Å². The number of carbonyl (C=O) groups excluding carboxylic acids is 3. The molecule has 1 rings (SSSR count). The average molecular weight is 341 g/mol. The Morgan fingerprint density at radius 2 is 1.79 bits per heavy atom. The normalized spacial score (nSPS) is 14.1. The lowest BCUT2D eigenvalue weighted by Crippen LogP contribution is -2.42. The zero-order chi connectivity index (χ0) is 17.9. The number of rotatable bonds is 9. The third-order valence-electron chi connectivity index (χ3n) is 2.89. The number of alkyl carbamates (subject to hydrolysis) is 1. The molecule has 9 heteroatoms. The number of hydrogen-bond acceptors (Lipinski definition) is 8. The average Bonchev–Trinajstić information content (AvgIpc) is 2.62. The van der Waals surface area contributed by atoms with Crippen LogP contribution in [0.3, 0.4) is 0 Å². The number of aliphatic hydroxyl groups is 3. The summed E-state index contributed by atoms with van der Waals surface area (Å²) in [6, 6.07) is 8.92. The molecule has 3 atom stereocenters. The molecule has 0 aromatic heterocycles. The van der Waals surface area contributed by atoms with E-state index in [2.05, 4.69) is 10.1 Å². The monoisotopic (exact) mass is 341 g/mol. The highest BCUT2D eigenvalue weighted by Gasteiger charge is 2.25. The molecule has 1 aromatic rings. The Kier molecular flexibility index (Phi) is 8.41. The van der Waals surface area contributed by atoms with Crippen molar-refractivity contribution in [3.8, 4) is 0 Å². The van der Waals surface area contributed by atoms with Crippen molar-refractivity contribution in [2.45, 2.75) is 24.9 Å². The lowest BCUT2D eigenvalue weighted by molar-refractivity contribution is -0.151. The molecule has 0 radical (unpaired) electrons. The van der Waals surface area contributed by atoms with Crippen LogP contribution in [0.2, 0.25) is 0 Å². The highest BCUT2D eigenvalue weighted by molar-refractivity contribution is 5.77. The highest BCUT2D eigenvalue weighted by Crippen LogP contribution is 2.01. The molecule has 24 heavy (non-hydrogen) atoms. The van der Waals surface area contributed by atoms with Gasteiger partial charge in [0, 0.05) is 0 Å². The van der Waals surface area contributed by atoms with E-state index in [0.29, 0.717) is 0 Å². The van der Waals surface area contributed by atoms with Gasteiger partial charge in [0.25, 0.3) is 0 Å². The number of aldehydes is 1. The molecule has 0 unspecified atom stereocenters. The molecule has 0 saturated heterocycles. The van der Waals surface area contributed by atoms with Crippen molar-refractivity contribution in [1.82, 2.24) is 5.32 Å². The largest absolute Gasteiger partial charge is 0.462 e. The van der Waals surface area contributed by atoms with Gasteiger partial charge in [-0.1, -0.05) is 30.3 Å². The molecule has 0 aliphatic heterocycles. The summed E-state index contributed by atoms with van der Waals surface area (Å²) in [6.07, 6.45) is -5.99. The van der Waals surface area contributed by atoms with Crippen molar-refractivity contribution < 1.29 is 39.2 Å². The molecule has 1 amide bonds. The predicted molar refractivity (Wildman–Crippen MR) is 79.7 cm³/mol. The summed E-state index contributed by atoms with van der Waals surface area (Å²) >= 11 is 0. The molecule has 1 aromatic carbocycles. The van der Waals surface area contributed by atoms with Crippen LogP contribution in [0.4, 0.5) is 4.79 Å². The number of esters is 1. The third-order valence-corrected chi connectivity index (χ3v) is 2.89. The molecule has 0 aliphatic rings. The van der Waals surface area contributed by atoms with Crippen molar-refractivity contribution in [2.24, 2.45) is 0 Å². The standard InChI is InChI=1S/C15H19NO8/c17-7-11(18)14(21)12(19)9-23-13(20)6-16-15(22)24-8-10-4-2-1-3-5-10/h1-5,7,11-12,14,18-19,21H,6,8-9H2,(H,16,22)/t11-,12-,14+/m1/s1. The number of aliphatic hydroxyl groups excluding tert-OH is 3. The van der Waals surface area contributed by atoms with E-state index in [1.807, 2.05) is 6.07 Å². The topological polar surface area (TPSA) is 142 Å². The van der Waals surface area contributed by atoms with Gasteiger partial charge >= 0.3 is 12.1 Å². The molecule has 9 nitrogen and oxygen atoms in total. The van der Waals surface area contributed by atoms with Crippen LogP contribution in [0, 0.1) is 0 Å². The fourth-order valence-electron chi connectivity index (χ4n) is 1.55. The minimum atomic E-state index is -1.79. The maximum atomic E-state index is 11.4. The van der Waals surface area contributed by atoms with Gasteiger partial charge in [0.15, 0.2) is 6.29 Å². The van der Waals surface area contributed by atoms with Crippen LogP contribution in [0.5, 0.6) is 0 Å². The van der Waals surface area contributed by atoms with Crippen LogP contribution >= 0.6 is 0 Å². The van der Waals surface area contributed by atoms with Crippen molar-refractivity contribution in [2.75, 3.05) is 13.2 Å². The van der Waals surface area contributed by atoms with Gasteiger partial charge in [-0.05, 0) is 5.56 Å². The van der Waals surface area contributed by atoms with Gasteiger partial charge < -0.3 is 34.9 Å². The van der Waals surface area contributed by atoms with Crippen molar-refractivity contribution in [3.05, 3.63) is 35.9 Å². The molecule has 0 spiro atoms. The van der Waals surface area contributed by atoms with Crippen LogP contribution in [-0.4, -0.2) is 65.1 Å².